The molecular weight excluding hydrogens is 326 g/mol. The summed E-state index contributed by atoms with van der Waals surface area (Å²) in [7, 11) is -3.62. The highest BCUT2D eigenvalue weighted by Gasteiger charge is 2.30. The van der Waals surface area contributed by atoms with Gasteiger partial charge in [0.1, 0.15) is 0 Å². The van der Waals surface area contributed by atoms with Gasteiger partial charge in [0, 0.05) is 13.1 Å². The number of amides is 1. The standard InChI is InChI=1S/C12H13ClF2N2O3S/c13-9-4-11(15)10(14)3-8(9)12(18)17-2-1-7(5-17)6-21(16,19)20/h3-4,7H,1-2,5-6H2,(H2,16,19,20). The van der Waals surface area contributed by atoms with Crippen LogP contribution in [0.5, 0.6) is 0 Å². The van der Waals surface area contributed by atoms with Crippen LogP contribution in [-0.4, -0.2) is 38.1 Å². The van der Waals surface area contributed by atoms with E-state index >= 15 is 0 Å². The first-order valence-electron chi connectivity index (χ1n) is 6.11. The van der Waals surface area contributed by atoms with Crippen LogP contribution in [0.25, 0.3) is 0 Å². The second kappa shape index (κ2) is 5.86. The maximum absolute atomic E-state index is 13.2. The van der Waals surface area contributed by atoms with Crippen LogP contribution in [0.3, 0.4) is 0 Å². The molecule has 1 unspecified atom stereocenters. The third kappa shape index (κ3) is 3.90. The molecule has 1 amide bonds. The first-order chi connectivity index (χ1) is 9.67. The molecule has 1 aliphatic heterocycles. The minimum absolute atomic E-state index is 0.146. The normalized spacial score (nSPS) is 19.0. The van der Waals surface area contributed by atoms with Crippen molar-refractivity contribution < 1.29 is 22.0 Å². The topological polar surface area (TPSA) is 80.5 Å². The summed E-state index contributed by atoms with van der Waals surface area (Å²) in [6, 6.07) is 1.48. The number of nitrogens with two attached hydrogens (primary N) is 1. The van der Waals surface area contributed by atoms with Gasteiger partial charge in [-0.1, -0.05) is 11.6 Å². The monoisotopic (exact) mass is 338 g/mol. The molecule has 5 nitrogen and oxygen atoms in total. The van der Waals surface area contributed by atoms with Gasteiger partial charge in [-0.2, -0.15) is 0 Å². The Hall–Kier alpha value is -1.25. The molecule has 0 aliphatic carbocycles. The summed E-state index contributed by atoms with van der Waals surface area (Å²) in [5, 5.41) is 4.78. The van der Waals surface area contributed by atoms with E-state index in [0.717, 1.165) is 12.1 Å². The van der Waals surface area contributed by atoms with E-state index in [1.807, 2.05) is 0 Å². The van der Waals surface area contributed by atoms with E-state index in [1.165, 1.54) is 4.90 Å². The molecule has 1 saturated heterocycles. The van der Waals surface area contributed by atoms with Crippen molar-refractivity contribution in [1.29, 1.82) is 0 Å². The maximum atomic E-state index is 13.2. The molecule has 1 aromatic rings. The van der Waals surface area contributed by atoms with Crippen molar-refractivity contribution in [2.45, 2.75) is 6.42 Å². The third-order valence-corrected chi connectivity index (χ3v) is 4.53. The quantitative estimate of drug-likeness (QED) is 0.845. The Morgan fingerprint density at radius 3 is 2.62 bits per heavy atom. The fourth-order valence-electron chi connectivity index (χ4n) is 2.34. The molecule has 1 aliphatic rings. The van der Waals surface area contributed by atoms with Gasteiger partial charge < -0.3 is 4.90 Å². The Morgan fingerprint density at radius 2 is 2.00 bits per heavy atom. The molecule has 21 heavy (non-hydrogen) atoms. The van der Waals surface area contributed by atoms with E-state index in [2.05, 4.69) is 0 Å². The van der Waals surface area contributed by atoms with Crippen LogP contribution >= 0.6 is 11.6 Å². The number of hydrogen-bond donors (Lipinski definition) is 1. The Morgan fingerprint density at radius 1 is 1.38 bits per heavy atom. The average molecular weight is 339 g/mol. The average Bonchev–Trinajstić information content (AvgIpc) is 2.79. The predicted octanol–water partition coefficient (Wildman–Crippen LogP) is 1.37. The van der Waals surface area contributed by atoms with Gasteiger partial charge in [-0.3, -0.25) is 4.79 Å². The molecule has 9 heteroatoms. The summed E-state index contributed by atoms with van der Waals surface area (Å²) in [5.74, 6) is -3.35. The number of primary sulfonamides is 1. The lowest BCUT2D eigenvalue weighted by atomic mass is 10.1. The lowest BCUT2D eigenvalue weighted by Crippen LogP contribution is -2.31. The highest BCUT2D eigenvalue weighted by atomic mass is 35.5. The number of nitrogens with zero attached hydrogens (tertiary/aromatic N) is 1. The second-order valence-corrected chi connectivity index (χ2v) is 7.05. The van der Waals surface area contributed by atoms with E-state index in [4.69, 9.17) is 16.7 Å². The maximum Gasteiger partial charge on any atom is 0.255 e. The number of benzene rings is 1. The van der Waals surface area contributed by atoms with Crippen LogP contribution < -0.4 is 5.14 Å². The van der Waals surface area contributed by atoms with Crippen LogP contribution in [0.15, 0.2) is 12.1 Å². The minimum Gasteiger partial charge on any atom is -0.338 e. The van der Waals surface area contributed by atoms with E-state index < -0.39 is 27.6 Å². The largest absolute Gasteiger partial charge is 0.338 e. The molecular formula is C12H13ClF2N2O3S. The van der Waals surface area contributed by atoms with Crippen molar-refractivity contribution in [2.75, 3.05) is 18.8 Å². The highest BCUT2D eigenvalue weighted by Crippen LogP contribution is 2.25. The van der Waals surface area contributed by atoms with Gasteiger partial charge in [0.2, 0.25) is 10.0 Å². The zero-order valence-electron chi connectivity index (χ0n) is 10.9. The zero-order chi connectivity index (χ0) is 15.8. The molecule has 116 valence electrons. The number of likely N-dealkylation sites (tertiary alicyclic amines) is 1. The van der Waals surface area contributed by atoms with Crippen LogP contribution in [0.2, 0.25) is 5.02 Å². The van der Waals surface area contributed by atoms with Gasteiger partial charge in [0.25, 0.3) is 5.91 Å². The lowest BCUT2D eigenvalue weighted by Gasteiger charge is -2.17. The fraction of sp³-hybridized carbons (Fsp3) is 0.417. The number of rotatable bonds is 3. The van der Waals surface area contributed by atoms with Gasteiger partial charge in [0.05, 0.1) is 16.3 Å². The molecule has 1 heterocycles. The van der Waals surface area contributed by atoms with Crippen molar-refractivity contribution in [3.63, 3.8) is 0 Å². The van der Waals surface area contributed by atoms with Crippen LogP contribution in [-0.2, 0) is 10.0 Å². The third-order valence-electron chi connectivity index (χ3n) is 3.28. The summed E-state index contributed by atoms with van der Waals surface area (Å²) >= 11 is 5.75. The molecule has 0 saturated carbocycles. The summed E-state index contributed by atoms with van der Waals surface area (Å²) in [6.45, 7) is 0.499. The summed E-state index contributed by atoms with van der Waals surface area (Å²) in [6.07, 6.45) is 0.476. The smallest absolute Gasteiger partial charge is 0.255 e. The molecule has 1 fully saturated rings. The number of sulfonamides is 1. The van der Waals surface area contributed by atoms with Gasteiger partial charge in [0.15, 0.2) is 11.6 Å². The first-order valence-corrected chi connectivity index (χ1v) is 8.21. The lowest BCUT2D eigenvalue weighted by molar-refractivity contribution is 0.0787. The van der Waals surface area contributed by atoms with Crippen molar-refractivity contribution in [3.05, 3.63) is 34.4 Å². The second-order valence-electron chi connectivity index (χ2n) is 4.98. The molecule has 1 atom stereocenters. The van der Waals surface area contributed by atoms with Crippen LogP contribution in [0.4, 0.5) is 8.78 Å². The number of hydrogen-bond acceptors (Lipinski definition) is 3. The predicted molar refractivity (Wildman–Crippen MR) is 73.4 cm³/mol. The van der Waals surface area contributed by atoms with E-state index in [-0.39, 0.29) is 28.8 Å². The van der Waals surface area contributed by atoms with E-state index in [0.29, 0.717) is 13.0 Å². The van der Waals surface area contributed by atoms with E-state index in [9.17, 15) is 22.0 Å². The summed E-state index contributed by atoms with van der Waals surface area (Å²) in [5.41, 5.74) is -0.146. The first kappa shape index (κ1) is 16.1. The molecule has 0 aromatic heterocycles. The summed E-state index contributed by atoms with van der Waals surface area (Å²) in [4.78, 5) is 13.6. The van der Waals surface area contributed by atoms with E-state index in [1.54, 1.807) is 0 Å². The Labute approximate surface area is 125 Å². The van der Waals surface area contributed by atoms with Crippen molar-refractivity contribution in [2.24, 2.45) is 11.1 Å². The SMILES string of the molecule is NS(=O)(=O)CC1CCN(C(=O)c2cc(F)c(F)cc2Cl)C1. The molecule has 0 spiro atoms. The van der Waals surface area contributed by atoms with Crippen LogP contribution in [0.1, 0.15) is 16.8 Å². The summed E-state index contributed by atoms with van der Waals surface area (Å²) < 4.78 is 48.3. The number of carbonyl (C=O) groups is 1. The molecule has 0 radical (unpaired) electrons. The van der Waals surface area contributed by atoms with Gasteiger partial charge >= 0.3 is 0 Å². The molecule has 2 N–H and O–H groups in total. The van der Waals surface area contributed by atoms with Gasteiger partial charge in [-0.15, -0.1) is 0 Å². The molecule has 1 aromatic carbocycles. The molecule has 0 bridgehead atoms. The van der Waals surface area contributed by atoms with Gasteiger partial charge in [-0.25, -0.2) is 22.3 Å². The van der Waals surface area contributed by atoms with Crippen molar-refractivity contribution in [3.8, 4) is 0 Å². The fourth-order valence-corrected chi connectivity index (χ4v) is 3.50. The Kier molecular flexibility index (Phi) is 4.50. The minimum atomic E-state index is -3.62. The Bertz CT molecular complexity index is 681. The Balaban J connectivity index is 2.14. The zero-order valence-corrected chi connectivity index (χ0v) is 12.4. The van der Waals surface area contributed by atoms with Crippen molar-refractivity contribution >= 4 is 27.5 Å². The van der Waals surface area contributed by atoms with Crippen molar-refractivity contribution in [1.82, 2.24) is 4.90 Å². The van der Waals surface area contributed by atoms with Crippen LogP contribution in [0, 0.1) is 17.6 Å². The van der Waals surface area contributed by atoms with Gasteiger partial charge in [-0.05, 0) is 24.5 Å². The number of carbonyl (C=O) groups excluding carboxylic acids is 1. The molecule has 2 rings (SSSR count). The highest BCUT2D eigenvalue weighted by molar-refractivity contribution is 7.89. The number of halogens is 3.